The van der Waals surface area contributed by atoms with Crippen molar-refractivity contribution < 1.29 is 24.3 Å². The van der Waals surface area contributed by atoms with E-state index in [-0.39, 0.29) is 23.5 Å². The second-order valence-electron chi connectivity index (χ2n) is 6.37. The van der Waals surface area contributed by atoms with Crippen LogP contribution in [0, 0.1) is 10.1 Å². The number of amides is 1. The summed E-state index contributed by atoms with van der Waals surface area (Å²) in [7, 11) is 1.47. The van der Waals surface area contributed by atoms with Gasteiger partial charge < -0.3 is 19.9 Å². The van der Waals surface area contributed by atoms with Gasteiger partial charge in [0.1, 0.15) is 6.61 Å². The number of nitrogens with zero attached hydrogens (tertiary/aromatic N) is 1. The van der Waals surface area contributed by atoms with Gasteiger partial charge in [-0.2, -0.15) is 0 Å². The van der Waals surface area contributed by atoms with Gasteiger partial charge in [0, 0.05) is 24.2 Å². The molecule has 0 atom stereocenters. The number of carbonyl (C=O) groups excluding carboxylic acids is 1. The maximum Gasteiger partial charge on any atom is 0.269 e. The largest absolute Gasteiger partial charge is 0.872 e. The van der Waals surface area contributed by atoms with Gasteiger partial charge >= 0.3 is 0 Å². The lowest BCUT2D eigenvalue weighted by Crippen LogP contribution is -2.23. The van der Waals surface area contributed by atoms with Gasteiger partial charge in [-0.05, 0) is 29.3 Å². The van der Waals surface area contributed by atoms with E-state index >= 15 is 0 Å². The van der Waals surface area contributed by atoms with E-state index in [1.807, 2.05) is 30.3 Å². The maximum absolute atomic E-state index is 12.5. The Hall–Kier alpha value is -4.07. The summed E-state index contributed by atoms with van der Waals surface area (Å²) in [6, 6.07) is 17.8. The first-order valence-corrected chi connectivity index (χ1v) is 9.05. The van der Waals surface area contributed by atoms with Gasteiger partial charge in [-0.15, -0.1) is 5.75 Å². The summed E-state index contributed by atoms with van der Waals surface area (Å²) in [5.41, 5.74) is 1.22. The monoisotopic (exact) mass is 407 g/mol. The molecule has 0 fully saturated rings. The quantitative estimate of drug-likeness (QED) is 0.453. The van der Waals surface area contributed by atoms with Crippen molar-refractivity contribution in [2.24, 2.45) is 0 Å². The second kappa shape index (κ2) is 9.42. The first-order valence-electron chi connectivity index (χ1n) is 9.05. The zero-order chi connectivity index (χ0) is 21.5. The predicted molar refractivity (Wildman–Crippen MR) is 107 cm³/mol. The van der Waals surface area contributed by atoms with Crippen molar-refractivity contribution >= 4 is 11.6 Å². The van der Waals surface area contributed by atoms with Crippen molar-refractivity contribution in [2.75, 3.05) is 7.11 Å². The Bertz CT molecular complexity index is 1050. The molecule has 0 aliphatic carbocycles. The third kappa shape index (κ3) is 5.05. The van der Waals surface area contributed by atoms with Crippen LogP contribution in [-0.4, -0.2) is 17.9 Å². The molecular formula is C22H19N2O6-. The van der Waals surface area contributed by atoms with E-state index in [1.165, 1.54) is 13.2 Å². The van der Waals surface area contributed by atoms with Crippen molar-refractivity contribution in [1.29, 1.82) is 0 Å². The predicted octanol–water partition coefficient (Wildman–Crippen LogP) is 3.19. The molecule has 0 heterocycles. The molecule has 0 saturated heterocycles. The Morgan fingerprint density at radius 2 is 1.80 bits per heavy atom. The van der Waals surface area contributed by atoms with Crippen LogP contribution in [0.5, 0.6) is 17.2 Å². The maximum atomic E-state index is 12.5. The molecule has 0 radical (unpaired) electrons. The average molecular weight is 407 g/mol. The number of nitro benzene ring substituents is 1. The van der Waals surface area contributed by atoms with E-state index in [9.17, 15) is 20.0 Å². The van der Waals surface area contributed by atoms with Crippen molar-refractivity contribution in [3.8, 4) is 17.2 Å². The highest BCUT2D eigenvalue weighted by Gasteiger charge is 2.13. The van der Waals surface area contributed by atoms with Crippen molar-refractivity contribution in [3.05, 3.63) is 93.5 Å². The Balaban J connectivity index is 1.67. The molecular weight excluding hydrogens is 388 g/mol. The van der Waals surface area contributed by atoms with Crippen LogP contribution in [-0.2, 0) is 13.2 Å². The Labute approximate surface area is 172 Å². The molecule has 3 aromatic carbocycles. The number of hydrogen-bond donors (Lipinski definition) is 1. The number of methoxy groups -OCH3 is 1. The number of nitrogens with one attached hydrogen (secondary N) is 1. The zero-order valence-electron chi connectivity index (χ0n) is 16.2. The molecule has 8 heteroatoms. The molecule has 0 saturated carbocycles. The molecule has 3 rings (SSSR count). The number of non-ortho nitro benzene ring substituents is 1. The first-order chi connectivity index (χ1) is 14.5. The number of ether oxygens (including phenoxy) is 2. The van der Waals surface area contributed by atoms with E-state index in [2.05, 4.69) is 5.32 Å². The van der Waals surface area contributed by atoms with Crippen LogP contribution >= 0.6 is 0 Å². The second-order valence-corrected chi connectivity index (χ2v) is 6.37. The fourth-order valence-electron chi connectivity index (χ4n) is 2.76. The molecule has 154 valence electrons. The first kappa shape index (κ1) is 20.7. The van der Waals surface area contributed by atoms with Gasteiger partial charge in [-0.1, -0.05) is 36.4 Å². The average Bonchev–Trinajstić information content (AvgIpc) is 2.77. The zero-order valence-corrected chi connectivity index (χ0v) is 16.2. The van der Waals surface area contributed by atoms with E-state index < -0.39 is 10.8 Å². The van der Waals surface area contributed by atoms with Crippen LogP contribution < -0.4 is 19.9 Å². The highest BCUT2D eigenvalue weighted by atomic mass is 16.6. The van der Waals surface area contributed by atoms with E-state index in [0.29, 0.717) is 23.7 Å². The van der Waals surface area contributed by atoms with Gasteiger partial charge in [-0.25, -0.2) is 0 Å². The highest BCUT2D eigenvalue weighted by Crippen LogP contribution is 2.29. The third-order valence-corrected chi connectivity index (χ3v) is 4.36. The number of benzene rings is 3. The van der Waals surface area contributed by atoms with Gasteiger partial charge in [0.25, 0.3) is 11.6 Å². The van der Waals surface area contributed by atoms with E-state index in [0.717, 1.165) is 23.8 Å². The molecule has 0 aromatic heterocycles. The molecule has 0 unspecified atom stereocenters. The lowest BCUT2D eigenvalue weighted by atomic mass is 10.1. The molecule has 1 N–H and O–H groups in total. The third-order valence-electron chi connectivity index (χ3n) is 4.36. The number of hydrogen-bond acceptors (Lipinski definition) is 6. The molecule has 1 amide bonds. The Kier molecular flexibility index (Phi) is 6.49. The minimum absolute atomic E-state index is 0.131. The van der Waals surface area contributed by atoms with Gasteiger partial charge in [-0.3, -0.25) is 14.9 Å². The summed E-state index contributed by atoms with van der Waals surface area (Å²) < 4.78 is 11.1. The minimum Gasteiger partial charge on any atom is -0.872 e. The molecule has 0 aliphatic rings. The van der Waals surface area contributed by atoms with Crippen LogP contribution in [0.2, 0.25) is 0 Å². The van der Waals surface area contributed by atoms with Crippen LogP contribution in [0.1, 0.15) is 21.5 Å². The number of nitro groups is 1. The summed E-state index contributed by atoms with van der Waals surface area (Å²) in [6.07, 6.45) is 0. The van der Waals surface area contributed by atoms with E-state index in [1.54, 1.807) is 12.1 Å². The number of carbonyl (C=O) groups is 1. The van der Waals surface area contributed by atoms with Crippen molar-refractivity contribution in [1.82, 2.24) is 5.32 Å². The van der Waals surface area contributed by atoms with Crippen LogP contribution in [0.25, 0.3) is 0 Å². The summed E-state index contributed by atoms with van der Waals surface area (Å²) in [5.74, 6) is 0.0360. The summed E-state index contributed by atoms with van der Waals surface area (Å²) in [5, 5.41) is 25.3. The van der Waals surface area contributed by atoms with Gasteiger partial charge in [0.15, 0.2) is 11.5 Å². The standard InChI is InChI=1S/C22H20N2O6/c1-29-21-12-16(7-10-20(21)30-14-15-5-3-2-4-6-15)22(26)23-13-17-11-18(24(27)28)8-9-19(17)25/h2-12,25H,13-14H2,1H3,(H,23,26)/p-1. The van der Waals surface area contributed by atoms with Crippen LogP contribution in [0.3, 0.4) is 0 Å². The molecule has 30 heavy (non-hydrogen) atoms. The lowest BCUT2D eigenvalue weighted by molar-refractivity contribution is -0.385. The fraction of sp³-hybridized carbons (Fsp3) is 0.136. The smallest absolute Gasteiger partial charge is 0.269 e. The topological polar surface area (TPSA) is 114 Å². The SMILES string of the molecule is COc1cc(C(=O)NCc2cc([N+](=O)[O-])ccc2[O-])ccc1OCc1ccccc1. The molecule has 0 bridgehead atoms. The van der Waals surface area contributed by atoms with E-state index in [4.69, 9.17) is 9.47 Å². The van der Waals surface area contributed by atoms with Gasteiger partial charge in [0.05, 0.1) is 12.0 Å². The molecule has 0 aliphatic heterocycles. The minimum atomic E-state index is -0.593. The van der Waals surface area contributed by atoms with Crippen molar-refractivity contribution in [3.63, 3.8) is 0 Å². The summed E-state index contributed by atoms with van der Waals surface area (Å²) >= 11 is 0. The molecule has 3 aromatic rings. The van der Waals surface area contributed by atoms with Gasteiger partial charge in [0.2, 0.25) is 0 Å². The van der Waals surface area contributed by atoms with Crippen molar-refractivity contribution in [2.45, 2.75) is 13.2 Å². The molecule has 0 spiro atoms. The Morgan fingerprint density at radius 1 is 1.03 bits per heavy atom. The van der Waals surface area contributed by atoms with Crippen LogP contribution in [0.4, 0.5) is 5.69 Å². The number of rotatable bonds is 8. The van der Waals surface area contributed by atoms with Crippen LogP contribution in [0.15, 0.2) is 66.7 Å². The summed E-state index contributed by atoms with van der Waals surface area (Å²) in [4.78, 5) is 22.7. The highest BCUT2D eigenvalue weighted by molar-refractivity contribution is 5.94. The summed E-state index contributed by atoms with van der Waals surface area (Å²) in [6.45, 7) is 0.218. The fourth-order valence-corrected chi connectivity index (χ4v) is 2.76. The normalized spacial score (nSPS) is 10.3. The lowest BCUT2D eigenvalue weighted by Gasteiger charge is -2.15. The molecule has 8 nitrogen and oxygen atoms in total. The Morgan fingerprint density at radius 3 is 2.50 bits per heavy atom.